The van der Waals surface area contributed by atoms with Gasteiger partial charge in [-0.05, 0) is 35.9 Å². The van der Waals surface area contributed by atoms with Crippen LogP contribution in [0.5, 0.6) is 11.5 Å². The maximum absolute atomic E-state index is 12.8. The van der Waals surface area contributed by atoms with Gasteiger partial charge in [0.25, 0.3) is 10.0 Å². The molecule has 0 spiro atoms. The van der Waals surface area contributed by atoms with Crippen molar-refractivity contribution < 1.29 is 27.8 Å². The van der Waals surface area contributed by atoms with Crippen LogP contribution < -0.4 is 19.1 Å². The van der Waals surface area contributed by atoms with E-state index in [1.54, 1.807) is 18.0 Å². The van der Waals surface area contributed by atoms with Gasteiger partial charge < -0.3 is 19.5 Å². The molecule has 0 radical (unpaired) electrons. The molecule has 0 aliphatic heterocycles. The van der Waals surface area contributed by atoms with Crippen LogP contribution in [0.2, 0.25) is 0 Å². The van der Waals surface area contributed by atoms with E-state index < -0.39 is 16.0 Å². The third-order valence-electron chi connectivity index (χ3n) is 4.82. The number of ether oxygens (including phenoxy) is 2. The van der Waals surface area contributed by atoms with Crippen LogP contribution in [0.3, 0.4) is 0 Å². The zero-order valence-electron chi connectivity index (χ0n) is 17.9. The first-order valence-electron chi connectivity index (χ1n) is 9.62. The lowest BCUT2D eigenvalue weighted by atomic mass is 10.1. The highest BCUT2D eigenvalue weighted by Crippen LogP contribution is 2.31. The number of carboxylic acids is 1. The fraction of sp³-hybridized carbons (Fsp3) is 0.174. The monoisotopic (exact) mass is 456 g/mol. The normalized spacial score (nSPS) is 11.0. The van der Waals surface area contributed by atoms with E-state index in [4.69, 9.17) is 9.47 Å². The molecule has 3 aromatic carbocycles. The molecule has 168 valence electrons. The number of sulfonamides is 1. The summed E-state index contributed by atoms with van der Waals surface area (Å²) in [6.45, 7) is 0.498. The lowest BCUT2D eigenvalue weighted by Gasteiger charge is -2.22. The van der Waals surface area contributed by atoms with Gasteiger partial charge in [-0.15, -0.1) is 0 Å². The van der Waals surface area contributed by atoms with Crippen LogP contribution >= 0.6 is 0 Å². The van der Waals surface area contributed by atoms with Crippen LogP contribution in [0.1, 0.15) is 15.9 Å². The molecule has 0 saturated carbocycles. The summed E-state index contributed by atoms with van der Waals surface area (Å²) >= 11 is 0. The van der Waals surface area contributed by atoms with E-state index in [1.807, 2.05) is 30.3 Å². The number of benzene rings is 3. The highest BCUT2D eigenvalue weighted by molar-refractivity contribution is 7.92. The molecule has 0 aliphatic rings. The van der Waals surface area contributed by atoms with Gasteiger partial charge in [0.2, 0.25) is 0 Å². The lowest BCUT2D eigenvalue weighted by molar-refractivity contribution is 0.0697. The Kier molecular flexibility index (Phi) is 6.89. The molecule has 0 heterocycles. The Bertz CT molecular complexity index is 1210. The Balaban J connectivity index is 1.89. The highest BCUT2D eigenvalue weighted by Gasteiger charge is 2.20. The predicted octanol–water partition coefficient (Wildman–Crippen LogP) is 3.84. The fourth-order valence-electron chi connectivity index (χ4n) is 3.24. The van der Waals surface area contributed by atoms with Gasteiger partial charge in [0.05, 0.1) is 30.4 Å². The van der Waals surface area contributed by atoms with Crippen molar-refractivity contribution in [3.05, 3.63) is 77.9 Å². The van der Waals surface area contributed by atoms with Gasteiger partial charge in [0, 0.05) is 25.3 Å². The zero-order chi connectivity index (χ0) is 23.3. The minimum atomic E-state index is -3.99. The Morgan fingerprint density at radius 2 is 1.66 bits per heavy atom. The van der Waals surface area contributed by atoms with Crippen molar-refractivity contribution in [1.82, 2.24) is 0 Å². The van der Waals surface area contributed by atoms with Gasteiger partial charge >= 0.3 is 5.97 Å². The SMILES string of the molecule is COc1ccc(S(=O)(=O)Nc2ccc(N(C)Cc3ccccc3)c(C(=O)O)c2)cc1OC. The molecule has 0 bridgehead atoms. The first kappa shape index (κ1) is 23.0. The van der Waals surface area contributed by atoms with E-state index in [1.165, 1.54) is 44.6 Å². The molecule has 0 aromatic heterocycles. The van der Waals surface area contributed by atoms with E-state index >= 15 is 0 Å². The lowest BCUT2D eigenvalue weighted by Crippen LogP contribution is -2.20. The topological polar surface area (TPSA) is 105 Å². The largest absolute Gasteiger partial charge is 0.493 e. The van der Waals surface area contributed by atoms with E-state index in [2.05, 4.69) is 4.72 Å². The first-order valence-corrected chi connectivity index (χ1v) is 11.1. The summed E-state index contributed by atoms with van der Waals surface area (Å²) in [4.78, 5) is 13.6. The van der Waals surface area contributed by atoms with Crippen molar-refractivity contribution in [2.45, 2.75) is 11.4 Å². The summed E-state index contributed by atoms with van der Waals surface area (Å²) in [5.41, 5.74) is 1.60. The zero-order valence-corrected chi connectivity index (χ0v) is 18.7. The Morgan fingerprint density at radius 3 is 2.28 bits per heavy atom. The summed E-state index contributed by atoms with van der Waals surface area (Å²) in [6, 6.07) is 18.2. The molecule has 0 amide bonds. The Hall–Kier alpha value is -3.72. The number of rotatable bonds is 9. The minimum absolute atomic E-state index is 0.0176. The quantitative estimate of drug-likeness (QED) is 0.504. The molecule has 8 nitrogen and oxygen atoms in total. The van der Waals surface area contributed by atoms with Crippen LogP contribution in [0.25, 0.3) is 0 Å². The summed E-state index contributed by atoms with van der Waals surface area (Å²) in [5.74, 6) is -0.503. The van der Waals surface area contributed by atoms with Crippen LogP contribution in [0, 0.1) is 0 Å². The molecule has 9 heteroatoms. The molecule has 2 N–H and O–H groups in total. The molecule has 32 heavy (non-hydrogen) atoms. The van der Waals surface area contributed by atoms with Crippen LogP contribution in [0.4, 0.5) is 11.4 Å². The summed E-state index contributed by atoms with van der Waals surface area (Å²) in [5, 5.41) is 9.71. The number of aromatic carboxylic acids is 1. The fourth-order valence-corrected chi connectivity index (χ4v) is 4.31. The number of carbonyl (C=O) groups is 1. The van der Waals surface area contributed by atoms with Crippen molar-refractivity contribution in [3.8, 4) is 11.5 Å². The highest BCUT2D eigenvalue weighted by atomic mass is 32.2. The molecule has 0 unspecified atom stereocenters. The number of nitrogens with zero attached hydrogens (tertiary/aromatic N) is 1. The molecular weight excluding hydrogens is 432 g/mol. The number of hydrogen-bond acceptors (Lipinski definition) is 6. The van der Waals surface area contributed by atoms with Gasteiger partial charge in [-0.25, -0.2) is 13.2 Å². The molecule has 3 rings (SSSR count). The van der Waals surface area contributed by atoms with Gasteiger partial charge in [0.1, 0.15) is 0 Å². The third-order valence-corrected chi connectivity index (χ3v) is 6.20. The van der Waals surface area contributed by atoms with E-state index in [0.717, 1.165) is 5.56 Å². The van der Waals surface area contributed by atoms with Crippen LogP contribution in [-0.2, 0) is 16.6 Å². The molecule has 0 saturated heterocycles. The summed E-state index contributed by atoms with van der Waals surface area (Å²) in [7, 11) is 0.654. The predicted molar refractivity (Wildman–Crippen MR) is 122 cm³/mol. The number of carboxylic acid groups (broad SMARTS) is 1. The van der Waals surface area contributed by atoms with E-state index in [0.29, 0.717) is 18.0 Å². The van der Waals surface area contributed by atoms with Crippen molar-refractivity contribution in [1.29, 1.82) is 0 Å². The van der Waals surface area contributed by atoms with Crippen LogP contribution in [0.15, 0.2) is 71.6 Å². The van der Waals surface area contributed by atoms with Gasteiger partial charge in [-0.1, -0.05) is 30.3 Å². The maximum Gasteiger partial charge on any atom is 0.337 e. The molecular formula is C23H24N2O6S. The van der Waals surface area contributed by atoms with Crippen LogP contribution in [-0.4, -0.2) is 40.8 Å². The van der Waals surface area contributed by atoms with E-state index in [-0.39, 0.29) is 21.9 Å². The third kappa shape index (κ3) is 5.12. The molecule has 3 aromatic rings. The molecule has 0 fully saturated rings. The maximum atomic E-state index is 12.8. The smallest absolute Gasteiger partial charge is 0.337 e. The Morgan fingerprint density at radius 1 is 0.969 bits per heavy atom. The average Bonchev–Trinajstić information content (AvgIpc) is 2.78. The van der Waals surface area contributed by atoms with Gasteiger partial charge in [-0.3, -0.25) is 4.72 Å². The number of hydrogen-bond donors (Lipinski definition) is 2. The van der Waals surface area contributed by atoms with Crippen molar-refractivity contribution in [2.24, 2.45) is 0 Å². The summed E-state index contributed by atoms with van der Waals surface area (Å²) in [6.07, 6.45) is 0. The second kappa shape index (κ2) is 9.61. The minimum Gasteiger partial charge on any atom is -0.493 e. The number of methoxy groups -OCH3 is 2. The van der Waals surface area contributed by atoms with Gasteiger partial charge in [0.15, 0.2) is 11.5 Å². The molecule has 0 aliphatic carbocycles. The first-order chi connectivity index (χ1) is 15.2. The van der Waals surface area contributed by atoms with Crippen molar-refractivity contribution >= 4 is 27.4 Å². The Labute approximate surface area is 187 Å². The van der Waals surface area contributed by atoms with E-state index in [9.17, 15) is 18.3 Å². The number of nitrogens with one attached hydrogen (secondary N) is 1. The standard InChI is InChI=1S/C23H24N2O6S/c1-25(15-16-7-5-4-6-8-16)20-11-9-17(13-19(20)23(26)27)24-32(28,29)18-10-12-21(30-2)22(14-18)31-3/h4-14,24H,15H2,1-3H3,(H,26,27). The second-order valence-electron chi connectivity index (χ2n) is 7.00. The second-order valence-corrected chi connectivity index (χ2v) is 8.68. The number of anilines is 2. The average molecular weight is 457 g/mol. The summed E-state index contributed by atoms with van der Waals surface area (Å²) < 4.78 is 38.4. The molecule has 0 atom stereocenters. The van der Waals surface area contributed by atoms with Crippen molar-refractivity contribution in [3.63, 3.8) is 0 Å². The van der Waals surface area contributed by atoms with Gasteiger partial charge in [-0.2, -0.15) is 0 Å². The van der Waals surface area contributed by atoms with Crippen molar-refractivity contribution in [2.75, 3.05) is 30.9 Å².